The molecule has 0 aliphatic carbocycles. The molecule has 2 aliphatic rings. The van der Waals surface area contributed by atoms with Crippen LogP contribution in [0.3, 0.4) is 0 Å². The van der Waals surface area contributed by atoms with Crippen LogP contribution in [0, 0.1) is 11.8 Å². The first-order chi connectivity index (χ1) is 18.0. The normalized spacial score (nSPS) is 19.4. The fourth-order valence-electron chi connectivity index (χ4n) is 5.91. The molecular weight excluding hydrogens is 458 g/mol. The van der Waals surface area contributed by atoms with E-state index in [-0.39, 0.29) is 5.92 Å². The second kappa shape index (κ2) is 12.1. The molecule has 2 fully saturated rings. The van der Waals surface area contributed by atoms with Gasteiger partial charge in [-0.2, -0.15) is 0 Å². The second-order valence-corrected chi connectivity index (χ2v) is 11.1. The van der Waals surface area contributed by atoms with Gasteiger partial charge in [-0.25, -0.2) is 0 Å². The van der Waals surface area contributed by atoms with Crippen LogP contribution in [0.15, 0.2) is 66.7 Å². The number of carbonyl (C=O) groups is 1. The first-order valence-electron chi connectivity index (χ1n) is 13.9. The minimum absolute atomic E-state index is 0.210. The summed E-state index contributed by atoms with van der Waals surface area (Å²) >= 11 is 0. The number of hydrogen-bond donors (Lipinski definition) is 0. The first-order valence-corrected chi connectivity index (χ1v) is 13.9. The molecule has 1 amide bonds. The van der Waals surface area contributed by atoms with E-state index in [2.05, 4.69) is 95.5 Å². The Morgan fingerprint density at radius 3 is 2.49 bits per heavy atom. The van der Waals surface area contributed by atoms with E-state index >= 15 is 0 Å². The second-order valence-electron chi connectivity index (χ2n) is 11.1. The molecular formula is C32H41N3O2. The number of piperidine rings is 2. The van der Waals surface area contributed by atoms with Gasteiger partial charge in [0.25, 0.3) is 0 Å². The highest BCUT2D eigenvalue weighted by atomic mass is 16.5. The lowest BCUT2D eigenvalue weighted by Crippen LogP contribution is -2.46. The predicted molar refractivity (Wildman–Crippen MR) is 151 cm³/mol. The van der Waals surface area contributed by atoms with Gasteiger partial charge < -0.3 is 14.5 Å². The highest BCUT2D eigenvalue weighted by Gasteiger charge is 2.30. The number of benzene rings is 3. The zero-order valence-electron chi connectivity index (χ0n) is 22.4. The van der Waals surface area contributed by atoms with Crippen molar-refractivity contribution in [3.8, 4) is 5.75 Å². The molecule has 2 heterocycles. The lowest BCUT2D eigenvalue weighted by Gasteiger charge is -2.37. The molecule has 0 N–H and O–H groups in total. The molecule has 1 atom stereocenters. The number of nitrogens with zero attached hydrogens (tertiary/aromatic N) is 3. The van der Waals surface area contributed by atoms with Crippen LogP contribution in [-0.4, -0.2) is 67.5 Å². The summed E-state index contributed by atoms with van der Waals surface area (Å²) in [6.45, 7) is 6.29. The van der Waals surface area contributed by atoms with E-state index in [0.29, 0.717) is 18.4 Å². The Hall–Kier alpha value is -2.89. The molecule has 2 aliphatic heterocycles. The summed E-state index contributed by atoms with van der Waals surface area (Å²) in [5.74, 6) is 1.91. The Morgan fingerprint density at radius 2 is 1.68 bits per heavy atom. The van der Waals surface area contributed by atoms with Crippen molar-refractivity contribution in [3.05, 3.63) is 77.9 Å². The summed E-state index contributed by atoms with van der Waals surface area (Å²) in [7, 11) is 4.32. The molecule has 37 heavy (non-hydrogen) atoms. The van der Waals surface area contributed by atoms with E-state index in [1.165, 1.54) is 21.9 Å². The van der Waals surface area contributed by atoms with E-state index in [9.17, 15) is 4.79 Å². The van der Waals surface area contributed by atoms with Gasteiger partial charge >= 0.3 is 0 Å². The number of hydrogen-bond acceptors (Lipinski definition) is 4. The van der Waals surface area contributed by atoms with Crippen LogP contribution in [0.5, 0.6) is 5.75 Å². The van der Waals surface area contributed by atoms with Gasteiger partial charge in [0.15, 0.2) is 0 Å². The van der Waals surface area contributed by atoms with E-state index in [0.717, 1.165) is 70.7 Å². The molecule has 3 aromatic carbocycles. The van der Waals surface area contributed by atoms with Crippen molar-refractivity contribution in [1.82, 2.24) is 14.7 Å². The monoisotopic (exact) mass is 499 g/mol. The average molecular weight is 500 g/mol. The summed E-state index contributed by atoms with van der Waals surface area (Å²) in [6, 6.07) is 23.7. The molecule has 2 saturated heterocycles. The smallest absolute Gasteiger partial charge is 0.225 e. The fraction of sp³-hybridized carbons (Fsp3) is 0.469. The number of carbonyl (C=O) groups excluding carboxylic acids is 1. The van der Waals surface area contributed by atoms with E-state index in [1.807, 2.05) is 0 Å². The van der Waals surface area contributed by atoms with Gasteiger partial charge in [-0.3, -0.25) is 9.69 Å². The van der Waals surface area contributed by atoms with Crippen LogP contribution in [0.25, 0.3) is 10.8 Å². The summed E-state index contributed by atoms with van der Waals surface area (Å²) in [5, 5.41) is 2.62. The Balaban J connectivity index is 1.09. The van der Waals surface area contributed by atoms with Crippen LogP contribution in [0.4, 0.5) is 0 Å². The quantitative estimate of drug-likeness (QED) is 0.414. The third-order valence-electron chi connectivity index (χ3n) is 8.08. The van der Waals surface area contributed by atoms with Crippen molar-refractivity contribution < 1.29 is 9.53 Å². The lowest BCUT2D eigenvalue weighted by molar-refractivity contribution is -0.139. The van der Waals surface area contributed by atoms with Crippen molar-refractivity contribution >= 4 is 16.7 Å². The van der Waals surface area contributed by atoms with Crippen LogP contribution in [0.1, 0.15) is 36.8 Å². The molecule has 196 valence electrons. The molecule has 0 spiro atoms. The number of likely N-dealkylation sites (tertiary alicyclic amines) is 2. The molecule has 0 radical (unpaired) electrons. The van der Waals surface area contributed by atoms with E-state index < -0.39 is 0 Å². The third-order valence-corrected chi connectivity index (χ3v) is 8.08. The van der Waals surface area contributed by atoms with Gasteiger partial charge in [0.1, 0.15) is 5.75 Å². The highest BCUT2D eigenvalue weighted by Crippen LogP contribution is 2.25. The Bertz CT molecular complexity index is 1160. The summed E-state index contributed by atoms with van der Waals surface area (Å²) in [5.41, 5.74) is 2.64. The number of amides is 1. The molecule has 0 aromatic heterocycles. The number of fused-ring (bicyclic) bond motifs is 1. The minimum Gasteiger partial charge on any atom is -0.493 e. The Morgan fingerprint density at radius 1 is 0.919 bits per heavy atom. The molecule has 0 unspecified atom stereocenters. The minimum atomic E-state index is 0.210. The highest BCUT2D eigenvalue weighted by molar-refractivity contribution is 5.85. The van der Waals surface area contributed by atoms with Gasteiger partial charge in [-0.05, 0) is 86.9 Å². The van der Waals surface area contributed by atoms with Crippen molar-refractivity contribution in [1.29, 1.82) is 0 Å². The van der Waals surface area contributed by atoms with Crippen molar-refractivity contribution in [2.45, 2.75) is 38.8 Å². The van der Waals surface area contributed by atoms with Gasteiger partial charge in [0.05, 0.1) is 6.61 Å². The Kier molecular flexibility index (Phi) is 8.42. The first kappa shape index (κ1) is 25.7. The van der Waals surface area contributed by atoms with Gasteiger partial charge in [-0.1, -0.05) is 54.6 Å². The van der Waals surface area contributed by atoms with Crippen LogP contribution < -0.4 is 4.74 Å². The van der Waals surface area contributed by atoms with E-state index in [4.69, 9.17) is 4.74 Å². The van der Waals surface area contributed by atoms with E-state index in [1.54, 1.807) is 0 Å². The number of rotatable bonds is 8. The van der Waals surface area contributed by atoms with Crippen LogP contribution in [-0.2, 0) is 17.9 Å². The molecule has 3 aromatic rings. The largest absolute Gasteiger partial charge is 0.493 e. The van der Waals surface area contributed by atoms with Gasteiger partial charge in [0, 0.05) is 38.0 Å². The Labute approximate surface area is 222 Å². The van der Waals surface area contributed by atoms with Gasteiger partial charge in [-0.15, -0.1) is 0 Å². The summed E-state index contributed by atoms with van der Waals surface area (Å²) in [6.07, 6.45) is 4.20. The zero-order chi connectivity index (χ0) is 25.6. The molecule has 0 bridgehead atoms. The standard InChI is InChI=1S/C32H41N3O2/c1-33-19-16-28(17-20-33)32(36)35-18-6-7-26(22-35)24-37-30-14-12-25(13-15-30)21-34(2)23-29-10-5-9-27-8-3-4-11-31(27)29/h3-5,8-15,26,28H,6-7,16-24H2,1-2H3/t26-/m0/s1. The maximum absolute atomic E-state index is 13.0. The van der Waals surface area contributed by atoms with Crippen molar-refractivity contribution in [3.63, 3.8) is 0 Å². The third kappa shape index (κ3) is 6.71. The van der Waals surface area contributed by atoms with Gasteiger partial charge in [0.2, 0.25) is 5.91 Å². The maximum Gasteiger partial charge on any atom is 0.225 e. The molecule has 5 rings (SSSR count). The lowest BCUT2D eigenvalue weighted by atomic mass is 9.92. The molecule has 5 heteroatoms. The van der Waals surface area contributed by atoms with Crippen LogP contribution in [0.2, 0.25) is 0 Å². The maximum atomic E-state index is 13.0. The summed E-state index contributed by atoms with van der Waals surface area (Å²) < 4.78 is 6.18. The fourth-order valence-corrected chi connectivity index (χ4v) is 5.91. The topological polar surface area (TPSA) is 36.0 Å². The molecule has 5 nitrogen and oxygen atoms in total. The van der Waals surface area contributed by atoms with Crippen LogP contribution >= 0.6 is 0 Å². The van der Waals surface area contributed by atoms with Crippen molar-refractivity contribution in [2.75, 3.05) is 46.9 Å². The zero-order valence-corrected chi connectivity index (χ0v) is 22.4. The molecule has 0 saturated carbocycles. The number of ether oxygens (including phenoxy) is 1. The van der Waals surface area contributed by atoms with Crippen molar-refractivity contribution in [2.24, 2.45) is 11.8 Å². The SMILES string of the molecule is CN1CCC(C(=O)N2CCC[C@H](COc3ccc(CN(C)Cc4cccc5ccccc45)cc3)C2)CC1. The average Bonchev–Trinajstić information content (AvgIpc) is 2.93. The summed E-state index contributed by atoms with van der Waals surface area (Å²) in [4.78, 5) is 19.8. The predicted octanol–water partition coefficient (Wildman–Crippen LogP) is 5.43.